The summed E-state index contributed by atoms with van der Waals surface area (Å²) in [7, 11) is 0. The molecule has 0 bridgehead atoms. The molecule has 3 unspecified atom stereocenters. The second kappa shape index (κ2) is 5.98. The topological polar surface area (TPSA) is 98.8 Å². The Labute approximate surface area is 174 Å². The third kappa shape index (κ3) is 2.23. The van der Waals surface area contributed by atoms with Crippen molar-refractivity contribution in [2.75, 3.05) is 26.2 Å². The van der Waals surface area contributed by atoms with Crippen molar-refractivity contribution in [3.63, 3.8) is 0 Å². The molecular weight excluding hydrogens is 384 g/mol. The predicted octanol–water partition coefficient (Wildman–Crippen LogP) is 0.273. The number of nitrogens with one attached hydrogen (secondary N) is 2. The number of carbonyl (C=O) groups excluding carboxylic acids is 4. The third-order valence-electron chi connectivity index (χ3n) is 8.13. The van der Waals surface area contributed by atoms with Crippen molar-refractivity contribution in [2.24, 2.45) is 10.8 Å². The van der Waals surface area contributed by atoms with Crippen LogP contribution >= 0.6 is 0 Å². The molecule has 2 N–H and O–H groups in total. The third-order valence-corrected chi connectivity index (χ3v) is 8.13. The fraction of sp³-hybridized carbons (Fsp3) is 0.545. The molecule has 6 rings (SSSR count). The molecule has 156 valence electrons. The van der Waals surface area contributed by atoms with E-state index < -0.39 is 23.8 Å². The first kappa shape index (κ1) is 18.2. The van der Waals surface area contributed by atoms with E-state index in [2.05, 4.69) is 15.5 Å². The molecule has 8 nitrogen and oxygen atoms in total. The number of likely N-dealkylation sites (tertiary alicyclic amines) is 1. The summed E-state index contributed by atoms with van der Waals surface area (Å²) in [6.07, 6.45) is 2.81. The van der Waals surface area contributed by atoms with Gasteiger partial charge in [0, 0.05) is 50.0 Å². The van der Waals surface area contributed by atoms with Crippen molar-refractivity contribution < 1.29 is 19.2 Å². The number of piperidine rings is 1. The lowest BCUT2D eigenvalue weighted by molar-refractivity contribution is -0.136. The number of fused-ring (bicyclic) bond motifs is 1. The van der Waals surface area contributed by atoms with Gasteiger partial charge in [0.05, 0.1) is 11.1 Å². The van der Waals surface area contributed by atoms with Crippen molar-refractivity contribution in [2.45, 2.75) is 38.3 Å². The highest BCUT2D eigenvalue weighted by Gasteiger charge is 2.66. The number of benzene rings is 1. The highest BCUT2D eigenvalue weighted by atomic mass is 16.2. The van der Waals surface area contributed by atoms with Gasteiger partial charge in [-0.05, 0) is 30.9 Å². The van der Waals surface area contributed by atoms with Gasteiger partial charge in [-0.1, -0.05) is 12.1 Å². The normalized spacial score (nSPS) is 35.2. The first-order valence-corrected chi connectivity index (χ1v) is 10.7. The Bertz CT molecular complexity index is 1000. The molecule has 5 aliphatic rings. The number of hydrogen-bond acceptors (Lipinski definition) is 6. The van der Waals surface area contributed by atoms with Crippen LogP contribution in [-0.2, 0) is 16.1 Å². The van der Waals surface area contributed by atoms with E-state index in [1.165, 1.54) is 12.8 Å². The summed E-state index contributed by atoms with van der Waals surface area (Å²) < 4.78 is 0. The summed E-state index contributed by atoms with van der Waals surface area (Å²) in [6.45, 7) is 4.80. The van der Waals surface area contributed by atoms with E-state index in [4.69, 9.17) is 0 Å². The molecule has 4 amide bonds. The van der Waals surface area contributed by atoms with Gasteiger partial charge in [-0.25, -0.2) is 0 Å². The van der Waals surface area contributed by atoms with Crippen molar-refractivity contribution >= 4 is 23.6 Å². The van der Waals surface area contributed by atoms with Crippen LogP contribution in [-0.4, -0.2) is 65.6 Å². The van der Waals surface area contributed by atoms with Gasteiger partial charge in [0.2, 0.25) is 11.8 Å². The van der Waals surface area contributed by atoms with Crippen molar-refractivity contribution in [1.82, 2.24) is 20.4 Å². The molecule has 4 fully saturated rings. The molecule has 1 saturated carbocycles. The lowest BCUT2D eigenvalue weighted by atomic mass is 9.53. The molecule has 0 radical (unpaired) electrons. The molecule has 1 aliphatic carbocycles. The van der Waals surface area contributed by atoms with Gasteiger partial charge < -0.3 is 5.32 Å². The second-order valence-electron chi connectivity index (χ2n) is 9.60. The first-order valence-electron chi connectivity index (χ1n) is 10.7. The van der Waals surface area contributed by atoms with E-state index in [0.29, 0.717) is 28.5 Å². The first-order chi connectivity index (χ1) is 14.4. The highest BCUT2D eigenvalue weighted by molar-refractivity contribution is 6.24. The molecular formula is C22H24N4O4. The fourth-order valence-electron chi connectivity index (χ4n) is 6.51. The minimum Gasteiger partial charge on any atom is -0.315 e. The van der Waals surface area contributed by atoms with Crippen molar-refractivity contribution in [3.05, 3.63) is 34.9 Å². The van der Waals surface area contributed by atoms with E-state index in [1.807, 2.05) is 12.1 Å². The Balaban J connectivity index is 1.28. The number of nitrogens with zero attached hydrogens (tertiary/aromatic N) is 2. The Morgan fingerprint density at radius 3 is 2.40 bits per heavy atom. The Hall–Kier alpha value is -2.58. The summed E-state index contributed by atoms with van der Waals surface area (Å²) in [5.41, 5.74) is 2.36. The van der Waals surface area contributed by atoms with E-state index >= 15 is 0 Å². The molecule has 3 atom stereocenters. The van der Waals surface area contributed by atoms with E-state index in [1.54, 1.807) is 6.07 Å². The average Bonchev–Trinajstić information content (AvgIpc) is 3.16. The van der Waals surface area contributed by atoms with Gasteiger partial charge in [0.15, 0.2) is 0 Å². The minimum atomic E-state index is -0.922. The number of amides is 4. The molecule has 4 aliphatic heterocycles. The number of carbonyl (C=O) groups is 4. The van der Waals surface area contributed by atoms with E-state index in [0.717, 1.165) is 36.6 Å². The molecule has 0 aromatic heterocycles. The molecule has 0 spiro atoms. The highest BCUT2D eigenvalue weighted by Crippen LogP contribution is 2.63. The largest absolute Gasteiger partial charge is 0.315 e. The summed E-state index contributed by atoms with van der Waals surface area (Å²) >= 11 is 0. The number of imide groups is 2. The Morgan fingerprint density at radius 1 is 1.00 bits per heavy atom. The van der Waals surface area contributed by atoms with Crippen LogP contribution in [0.3, 0.4) is 0 Å². The van der Waals surface area contributed by atoms with Gasteiger partial charge in [0.1, 0.15) is 6.04 Å². The van der Waals surface area contributed by atoms with Gasteiger partial charge in [-0.2, -0.15) is 0 Å². The second-order valence-corrected chi connectivity index (χ2v) is 9.60. The molecule has 8 heteroatoms. The maximum atomic E-state index is 13.3. The van der Waals surface area contributed by atoms with Crippen LogP contribution in [0.25, 0.3) is 0 Å². The van der Waals surface area contributed by atoms with Crippen LogP contribution in [0.15, 0.2) is 18.2 Å². The molecule has 4 heterocycles. The van der Waals surface area contributed by atoms with Crippen molar-refractivity contribution in [3.8, 4) is 0 Å². The average molecular weight is 408 g/mol. The summed E-state index contributed by atoms with van der Waals surface area (Å²) in [4.78, 5) is 53.5. The summed E-state index contributed by atoms with van der Waals surface area (Å²) in [6, 6.07) is 4.47. The van der Waals surface area contributed by atoms with Crippen LogP contribution in [0, 0.1) is 10.8 Å². The van der Waals surface area contributed by atoms with Crippen LogP contribution < -0.4 is 10.6 Å². The summed E-state index contributed by atoms with van der Waals surface area (Å²) in [5.74, 6) is -1.79. The van der Waals surface area contributed by atoms with Crippen LogP contribution in [0.2, 0.25) is 0 Å². The molecule has 1 aromatic carbocycles. The van der Waals surface area contributed by atoms with Crippen molar-refractivity contribution in [1.29, 1.82) is 0 Å². The smallest absolute Gasteiger partial charge is 0.262 e. The Morgan fingerprint density at radius 2 is 1.73 bits per heavy atom. The maximum Gasteiger partial charge on any atom is 0.262 e. The van der Waals surface area contributed by atoms with Crippen LogP contribution in [0.4, 0.5) is 0 Å². The van der Waals surface area contributed by atoms with Gasteiger partial charge >= 0.3 is 0 Å². The van der Waals surface area contributed by atoms with Gasteiger partial charge in [-0.15, -0.1) is 0 Å². The standard InChI is InChI=1S/C22H24N4O4/c27-16-5-4-15(18(28)24-16)26-19(29)14-3-1-2-13(17(14)20(26)30)8-25-11-21-6-7-22(21,12-25)10-23-9-21/h1-3,15,23H,4-12H2,(H,24,27,28). The van der Waals surface area contributed by atoms with Gasteiger partial charge in [-0.3, -0.25) is 34.3 Å². The lowest BCUT2D eigenvalue weighted by Crippen LogP contribution is -2.54. The molecule has 30 heavy (non-hydrogen) atoms. The zero-order valence-corrected chi connectivity index (χ0v) is 16.7. The monoisotopic (exact) mass is 408 g/mol. The molecule has 3 saturated heterocycles. The minimum absolute atomic E-state index is 0.128. The lowest BCUT2D eigenvalue weighted by Gasteiger charge is -2.49. The number of hydrogen-bond donors (Lipinski definition) is 2. The zero-order valence-electron chi connectivity index (χ0n) is 16.7. The van der Waals surface area contributed by atoms with Crippen LogP contribution in [0.1, 0.15) is 52.0 Å². The maximum absolute atomic E-state index is 13.3. The molecule has 1 aromatic rings. The SMILES string of the molecule is O=C1CCC(N2C(=O)c3cccc(CN4CC56CCC5(CNC6)C4)c3C2=O)C(=O)N1. The van der Waals surface area contributed by atoms with E-state index in [9.17, 15) is 19.2 Å². The summed E-state index contributed by atoms with van der Waals surface area (Å²) in [5, 5.41) is 5.81. The van der Waals surface area contributed by atoms with E-state index in [-0.39, 0.29) is 18.7 Å². The van der Waals surface area contributed by atoms with Crippen LogP contribution in [0.5, 0.6) is 0 Å². The quantitative estimate of drug-likeness (QED) is 0.697. The van der Waals surface area contributed by atoms with Gasteiger partial charge in [0.25, 0.3) is 11.8 Å². The predicted molar refractivity (Wildman–Crippen MR) is 105 cm³/mol. The Kier molecular flexibility index (Phi) is 3.63. The zero-order chi connectivity index (χ0) is 20.7. The number of rotatable bonds is 3. The fourth-order valence-corrected chi connectivity index (χ4v) is 6.51.